The minimum absolute atomic E-state index is 0.197. The average molecular weight is 290 g/mol. The quantitative estimate of drug-likeness (QED) is 0.899. The molecule has 5 heteroatoms. The molecule has 0 radical (unpaired) electrons. The predicted molar refractivity (Wildman–Crippen MR) is 81.1 cm³/mol. The number of alkyl carbamates (subject to hydrolysis) is 1. The highest BCUT2D eigenvalue weighted by Gasteiger charge is 2.52. The highest BCUT2D eigenvalue weighted by Crippen LogP contribution is 2.36. The molecule has 1 saturated carbocycles. The first-order valence-electron chi connectivity index (χ1n) is 7.09. The van der Waals surface area contributed by atoms with Crippen LogP contribution in [-0.2, 0) is 9.53 Å². The fourth-order valence-corrected chi connectivity index (χ4v) is 1.92. The lowest BCUT2D eigenvalue weighted by Crippen LogP contribution is -2.47. The zero-order valence-electron chi connectivity index (χ0n) is 12.9. The van der Waals surface area contributed by atoms with E-state index in [-0.39, 0.29) is 5.91 Å². The van der Waals surface area contributed by atoms with Crippen LogP contribution in [0.2, 0.25) is 0 Å². The summed E-state index contributed by atoms with van der Waals surface area (Å²) in [5.41, 5.74) is 0.449. The highest BCUT2D eigenvalue weighted by molar-refractivity contribution is 6.02. The van der Waals surface area contributed by atoms with Crippen LogP contribution in [0.25, 0.3) is 0 Å². The Kier molecular flexibility index (Phi) is 3.94. The van der Waals surface area contributed by atoms with Gasteiger partial charge in [-0.3, -0.25) is 4.79 Å². The molecule has 0 unspecified atom stereocenters. The second-order valence-electron chi connectivity index (χ2n) is 6.53. The fourth-order valence-electron chi connectivity index (χ4n) is 1.92. The van der Waals surface area contributed by atoms with Gasteiger partial charge >= 0.3 is 6.09 Å². The van der Waals surface area contributed by atoms with E-state index in [1.165, 1.54) is 0 Å². The molecule has 0 heterocycles. The molecule has 5 nitrogen and oxygen atoms in total. The van der Waals surface area contributed by atoms with E-state index in [2.05, 4.69) is 10.6 Å². The number of anilines is 1. The number of ether oxygens (including phenoxy) is 1. The first-order valence-corrected chi connectivity index (χ1v) is 7.09. The molecule has 0 spiro atoms. The summed E-state index contributed by atoms with van der Waals surface area (Å²) in [4.78, 5) is 24.1. The van der Waals surface area contributed by atoms with E-state index in [0.29, 0.717) is 12.8 Å². The summed E-state index contributed by atoms with van der Waals surface area (Å²) in [5.74, 6) is -0.197. The Morgan fingerprint density at radius 1 is 1.14 bits per heavy atom. The van der Waals surface area contributed by atoms with Crippen molar-refractivity contribution in [3.8, 4) is 0 Å². The summed E-state index contributed by atoms with van der Waals surface area (Å²) >= 11 is 0. The number of amides is 2. The molecule has 0 aliphatic heterocycles. The Labute approximate surface area is 125 Å². The van der Waals surface area contributed by atoms with Crippen molar-refractivity contribution in [3.05, 3.63) is 29.8 Å². The molecule has 114 valence electrons. The zero-order valence-corrected chi connectivity index (χ0v) is 12.9. The topological polar surface area (TPSA) is 67.4 Å². The predicted octanol–water partition coefficient (Wildman–Crippen LogP) is 2.99. The Balaban J connectivity index is 1.95. The molecule has 0 saturated heterocycles. The first kappa shape index (κ1) is 15.4. The number of carbonyl (C=O) groups excluding carboxylic acids is 2. The van der Waals surface area contributed by atoms with Gasteiger partial charge in [0.2, 0.25) is 5.91 Å². The van der Waals surface area contributed by atoms with Crippen LogP contribution in [0.4, 0.5) is 10.5 Å². The smallest absolute Gasteiger partial charge is 0.408 e. The van der Waals surface area contributed by atoms with Gasteiger partial charge in [-0.15, -0.1) is 0 Å². The number of nitrogens with one attached hydrogen (secondary N) is 2. The van der Waals surface area contributed by atoms with Gasteiger partial charge < -0.3 is 15.4 Å². The van der Waals surface area contributed by atoms with Gasteiger partial charge in [0.1, 0.15) is 11.1 Å². The maximum atomic E-state index is 12.3. The van der Waals surface area contributed by atoms with Gasteiger partial charge in [-0.25, -0.2) is 4.79 Å². The SMILES string of the molecule is Cc1ccc(NC(=O)C2(NC(=O)OC(C)(C)C)CC2)cc1. The van der Waals surface area contributed by atoms with E-state index in [9.17, 15) is 9.59 Å². The van der Waals surface area contributed by atoms with Crippen molar-refractivity contribution in [2.24, 2.45) is 0 Å². The van der Waals surface area contributed by atoms with E-state index in [0.717, 1.165) is 11.3 Å². The fraction of sp³-hybridized carbons (Fsp3) is 0.500. The van der Waals surface area contributed by atoms with E-state index < -0.39 is 17.2 Å². The van der Waals surface area contributed by atoms with Crippen LogP contribution in [0.5, 0.6) is 0 Å². The van der Waals surface area contributed by atoms with E-state index in [4.69, 9.17) is 4.74 Å². The second-order valence-corrected chi connectivity index (χ2v) is 6.53. The van der Waals surface area contributed by atoms with Crippen molar-refractivity contribution in [1.82, 2.24) is 5.32 Å². The molecule has 0 atom stereocenters. The van der Waals surface area contributed by atoms with Crippen molar-refractivity contribution < 1.29 is 14.3 Å². The summed E-state index contributed by atoms with van der Waals surface area (Å²) in [5, 5.41) is 5.51. The Morgan fingerprint density at radius 2 is 1.71 bits per heavy atom. The van der Waals surface area contributed by atoms with Gasteiger partial charge in [0, 0.05) is 5.69 Å². The minimum Gasteiger partial charge on any atom is -0.444 e. The number of carbonyl (C=O) groups is 2. The van der Waals surface area contributed by atoms with Crippen LogP contribution in [0.3, 0.4) is 0 Å². The summed E-state index contributed by atoms with van der Waals surface area (Å²) in [7, 11) is 0. The Hall–Kier alpha value is -2.04. The molecule has 2 rings (SSSR count). The molecule has 1 aliphatic carbocycles. The normalized spacial score (nSPS) is 16.0. The first-order chi connectivity index (χ1) is 9.70. The molecule has 21 heavy (non-hydrogen) atoms. The van der Waals surface area contributed by atoms with Gasteiger partial charge in [0.15, 0.2) is 0 Å². The van der Waals surface area contributed by atoms with Gasteiger partial charge in [-0.1, -0.05) is 17.7 Å². The van der Waals surface area contributed by atoms with Crippen LogP contribution in [-0.4, -0.2) is 23.1 Å². The van der Waals surface area contributed by atoms with Crippen LogP contribution in [0, 0.1) is 6.92 Å². The molecule has 1 aliphatic rings. The number of aryl methyl sites for hydroxylation is 1. The number of benzene rings is 1. The van der Waals surface area contributed by atoms with Crippen LogP contribution < -0.4 is 10.6 Å². The van der Waals surface area contributed by atoms with Crippen LogP contribution >= 0.6 is 0 Å². The summed E-state index contributed by atoms with van der Waals surface area (Å²) in [6.07, 6.45) is 0.701. The Morgan fingerprint density at radius 3 is 2.19 bits per heavy atom. The molecule has 0 aromatic heterocycles. The molecule has 1 aromatic carbocycles. The lowest BCUT2D eigenvalue weighted by Gasteiger charge is -2.23. The maximum Gasteiger partial charge on any atom is 0.408 e. The van der Waals surface area contributed by atoms with Gasteiger partial charge in [-0.05, 0) is 52.7 Å². The average Bonchev–Trinajstić information content (AvgIpc) is 3.10. The number of rotatable bonds is 3. The van der Waals surface area contributed by atoms with Gasteiger partial charge in [-0.2, -0.15) is 0 Å². The van der Waals surface area contributed by atoms with E-state index in [1.54, 1.807) is 20.8 Å². The number of hydrogen-bond acceptors (Lipinski definition) is 3. The molecular formula is C16H22N2O3. The third kappa shape index (κ3) is 4.21. The standard InChI is InChI=1S/C16H22N2O3/c1-11-5-7-12(8-6-11)17-13(19)16(9-10-16)18-14(20)21-15(2,3)4/h5-8H,9-10H2,1-4H3,(H,17,19)(H,18,20). The summed E-state index contributed by atoms with van der Waals surface area (Å²) < 4.78 is 5.20. The summed E-state index contributed by atoms with van der Waals surface area (Å²) in [6, 6.07) is 7.54. The molecule has 2 N–H and O–H groups in total. The third-order valence-electron chi connectivity index (χ3n) is 3.23. The Bertz CT molecular complexity index is 540. The third-order valence-corrected chi connectivity index (χ3v) is 3.23. The highest BCUT2D eigenvalue weighted by atomic mass is 16.6. The molecular weight excluding hydrogens is 268 g/mol. The van der Waals surface area contributed by atoms with Gasteiger partial charge in [0.05, 0.1) is 0 Å². The van der Waals surface area contributed by atoms with Crippen LogP contribution in [0.1, 0.15) is 39.2 Å². The van der Waals surface area contributed by atoms with Crippen molar-refractivity contribution in [3.63, 3.8) is 0 Å². The van der Waals surface area contributed by atoms with Crippen molar-refractivity contribution in [1.29, 1.82) is 0 Å². The monoisotopic (exact) mass is 290 g/mol. The van der Waals surface area contributed by atoms with E-state index >= 15 is 0 Å². The second kappa shape index (κ2) is 5.39. The molecule has 2 amide bonds. The molecule has 0 bridgehead atoms. The zero-order chi connectivity index (χ0) is 15.7. The van der Waals surface area contributed by atoms with E-state index in [1.807, 2.05) is 31.2 Å². The van der Waals surface area contributed by atoms with Gasteiger partial charge in [0.25, 0.3) is 0 Å². The number of hydrogen-bond donors (Lipinski definition) is 2. The summed E-state index contributed by atoms with van der Waals surface area (Å²) in [6.45, 7) is 7.35. The lowest BCUT2D eigenvalue weighted by molar-refractivity contribution is -0.119. The van der Waals surface area contributed by atoms with Crippen molar-refractivity contribution in [2.45, 2.75) is 51.7 Å². The lowest BCUT2D eigenvalue weighted by atomic mass is 10.2. The molecule has 1 aromatic rings. The maximum absolute atomic E-state index is 12.3. The van der Waals surface area contributed by atoms with Crippen LogP contribution in [0.15, 0.2) is 24.3 Å². The molecule has 1 fully saturated rings. The minimum atomic E-state index is -0.826. The largest absolute Gasteiger partial charge is 0.444 e. The van der Waals surface area contributed by atoms with Crippen molar-refractivity contribution >= 4 is 17.7 Å². The van der Waals surface area contributed by atoms with Crippen molar-refractivity contribution in [2.75, 3.05) is 5.32 Å².